The largest absolute Gasteiger partial charge is 0.352 e. The predicted molar refractivity (Wildman–Crippen MR) is 105 cm³/mol. The fraction of sp³-hybridized carbons (Fsp3) is 0.238. The van der Waals surface area contributed by atoms with Crippen molar-refractivity contribution in [2.24, 2.45) is 0 Å². The second-order valence-electron chi connectivity index (χ2n) is 6.97. The summed E-state index contributed by atoms with van der Waals surface area (Å²) in [6.45, 7) is 3.53. The van der Waals surface area contributed by atoms with Crippen molar-refractivity contribution in [3.63, 3.8) is 0 Å². The topological polar surface area (TPSA) is 108 Å². The first-order chi connectivity index (χ1) is 13.8. The SMILES string of the molecule is Cc1cccc(C(=O)NCCC(=O)NN2C(=O)N[C@](C)(c3ccccc3)C2=O)c1. The van der Waals surface area contributed by atoms with Gasteiger partial charge in [0.25, 0.3) is 11.8 Å². The third kappa shape index (κ3) is 4.26. The zero-order valence-corrected chi connectivity index (χ0v) is 16.2. The van der Waals surface area contributed by atoms with Crippen molar-refractivity contribution in [1.29, 1.82) is 0 Å². The third-order valence-corrected chi connectivity index (χ3v) is 4.70. The van der Waals surface area contributed by atoms with Crippen LogP contribution in [0.3, 0.4) is 0 Å². The van der Waals surface area contributed by atoms with Gasteiger partial charge < -0.3 is 10.6 Å². The molecule has 0 bridgehead atoms. The average molecular weight is 394 g/mol. The number of carbonyl (C=O) groups excluding carboxylic acids is 4. The molecule has 3 N–H and O–H groups in total. The number of imide groups is 1. The highest BCUT2D eigenvalue weighted by atomic mass is 16.2. The summed E-state index contributed by atoms with van der Waals surface area (Å²) in [4.78, 5) is 49.2. The van der Waals surface area contributed by atoms with Crippen LogP contribution in [0, 0.1) is 6.92 Å². The molecular formula is C21H22N4O4. The number of hydrogen-bond donors (Lipinski definition) is 3. The molecule has 5 amide bonds. The van der Waals surface area contributed by atoms with E-state index >= 15 is 0 Å². The van der Waals surface area contributed by atoms with E-state index in [9.17, 15) is 19.2 Å². The molecule has 0 radical (unpaired) electrons. The van der Waals surface area contributed by atoms with Crippen molar-refractivity contribution in [2.45, 2.75) is 25.8 Å². The maximum Gasteiger partial charge on any atom is 0.344 e. The lowest BCUT2D eigenvalue weighted by molar-refractivity contribution is -0.138. The average Bonchev–Trinajstić information content (AvgIpc) is 2.92. The maximum atomic E-state index is 12.7. The summed E-state index contributed by atoms with van der Waals surface area (Å²) in [5.74, 6) is -1.44. The smallest absolute Gasteiger partial charge is 0.344 e. The minimum Gasteiger partial charge on any atom is -0.352 e. The second kappa shape index (κ2) is 8.14. The molecule has 2 aromatic rings. The fourth-order valence-electron chi connectivity index (χ4n) is 3.07. The number of hydrazine groups is 1. The van der Waals surface area contributed by atoms with Crippen molar-refractivity contribution in [2.75, 3.05) is 6.54 Å². The highest BCUT2D eigenvalue weighted by Crippen LogP contribution is 2.27. The lowest BCUT2D eigenvalue weighted by atomic mass is 9.92. The summed E-state index contributed by atoms with van der Waals surface area (Å²) in [6, 6.07) is 15.2. The number of carbonyl (C=O) groups is 4. The Morgan fingerprint density at radius 2 is 1.79 bits per heavy atom. The molecule has 2 aromatic carbocycles. The van der Waals surface area contributed by atoms with Gasteiger partial charge in [0.2, 0.25) is 5.91 Å². The standard InChI is InChI=1S/C21H22N4O4/c1-14-7-6-8-15(13-14)18(27)22-12-11-17(26)24-25-19(28)21(2,23-20(25)29)16-9-4-3-5-10-16/h3-10,13H,11-12H2,1-2H3,(H,22,27)(H,23,29)(H,24,26)/t21-/m1/s1. The first-order valence-electron chi connectivity index (χ1n) is 9.18. The van der Waals surface area contributed by atoms with Gasteiger partial charge in [0.1, 0.15) is 5.54 Å². The molecule has 3 rings (SSSR count). The third-order valence-electron chi connectivity index (χ3n) is 4.70. The van der Waals surface area contributed by atoms with Crippen LogP contribution in [0.4, 0.5) is 4.79 Å². The predicted octanol–water partition coefficient (Wildman–Crippen LogP) is 1.61. The zero-order valence-electron chi connectivity index (χ0n) is 16.2. The summed E-state index contributed by atoms with van der Waals surface area (Å²) in [5, 5.41) is 5.93. The van der Waals surface area contributed by atoms with Gasteiger partial charge in [0.15, 0.2) is 0 Å². The van der Waals surface area contributed by atoms with Crippen molar-refractivity contribution in [1.82, 2.24) is 21.1 Å². The zero-order chi connectivity index (χ0) is 21.0. The van der Waals surface area contributed by atoms with Gasteiger partial charge in [-0.15, -0.1) is 0 Å². The molecule has 0 aromatic heterocycles. The van der Waals surface area contributed by atoms with Gasteiger partial charge in [-0.3, -0.25) is 19.8 Å². The Bertz CT molecular complexity index is 960. The molecule has 150 valence electrons. The van der Waals surface area contributed by atoms with Gasteiger partial charge in [0, 0.05) is 18.5 Å². The van der Waals surface area contributed by atoms with E-state index < -0.39 is 23.4 Å². The van der Waals surface area contributed by atoms with Gasteiger partial charge in [-0.1, -0.05) is 48.0 Å². The number of urea groups is 1. The van der Waals surface area contributed by atoms with E-state index in [0.717, 1.165) is 5.56 Å². The molecule has 0 unspecified atom stereocenters. The van der Waals surface area contributed by atoms with Crippen LogP contribution in [0.25, 0.3) is 0 Å². The van der Waals surface area contributed by atoms with Crippen LogP contribution >= 0.6 is 0 Å². The summed E-state index contributed by atoms with van der Waals surface area (Å²) < 4.78 is 0. The minimum absolute atomic E-state index is 0.0677. The Kier molecular flexibility index (Phi) is 5.63. The number of benzene rings is 2. The number of aryl methyl sites for hydroxylation is 1. The van der Waals surface area contributed by atoms with Crippen molar-refractivity contribution in [3.8, 4) is 0 Å². The minimum atomic E-state index is -1.26. The van der Waals surface area contributed by atoms with Gasteiger partial charge in [-0.05, 0) is 31.5 Å². The van der Waals surface area contributed by atoms with Crippen molar-refractivity contribution >= 4 is 23.8 Å². The Balaban J connectivity index is 1.55. The molecule has 1 atom stereocenters. The Morgan fingerprint density at radius 1 is 1.07 bits per heavy atom. The summed E-state index contributed by atoms with van der Waals surface area (Å²) in [6.07, 6.45) is -0.0866. The highest BCUT2D eigenvalue weighted by molar-refractivity contribution is 6.08. The number of rotatable bonds is 6. The van der Waals surface area contributed by atoms with E-state index in [0.29, 0.717) is 16.1 Å². The molecule has 1 aliphatic heterocycles. The molecule has 29 heavy (non-hydrogen) atoms. The van der Waals surface area contributed by atoms with Crippen molar-refractivity contribution in [3.05, 3.63) is 71.3 Å². The maximum absolute atomic E-state index is 12.7. The Labute approximate surface area is 168 Å². The molecule has 0 aliphatic carbocycles. The number of nitrogens with one attached hydrogen (secondary N) is 3. The van der Waals surface area contributed by atoms with Crippen LogP contribution in [-0.2, 0) is 15.1 Å². The van der Waals surface area contributed by atoms with Crippen LogP contribution in [0.2, 0.25) is 0 Å². The van der Waals surface area contributed by atoms with E-state index in [4.69, 9.17) is 0 Å². The molecule has 1 aliphatic rings. The molecular weight excluding hydrogens is 372 g/mol. The van der Waals surface area contributed by atoms with Crippen LogP contribution in [-0.4, -0.2) is 35.3 Å². The molecule has 8 nitrogen and oxygen atoms in total. The lowest BCUT2D eigenvalue weighted by Gasteiger charge is -2.22. The highest BCUT2D eigenvalue weighted by Gasteiger charge is 2.49. The number of amides is 5. The first-order valence-corrected chi connectivity index (χ1v) is 9.18. The Morgan fingerprint density at radius 3 is 2.48 bits per heavy atom. The lowest BCUT2D eigenvalue weighted by Crippen LogP contribution is -2.48. The van der Waals surface area contributed by atoms with E-state index in [-0.39, 0.29) is 18.9 Å². The fourth-order valence-corrected chi connectivity index (χ4v) is 3.07. The van der Waals surface area contributed by atoms with Gasteiger partial charge in [-0.25, -0.2) is 4.79 Å². The Hall–Kier alpha value is -3.68. The summed E-state index contributed by atoms with van der Waals surface area (Å²) in [5.41, 5.74) is 3.11. The molecule has 0 spiro atoms. The van der Waals surface area contributed by atoms with E-state index in [2.05, 4.69) is 16.1 Å². The number of hydrogen-bond acceptors (Lipinski definition) is 4. The first kappa shape index (κ1) is 20.1. The van der Waals surface area contributed by atoms with E-state index in [1.165, 1.54) is 0 Å². The van der Waals surface area contributed by atoms with E-state index in [1.807, 2.05) is 13.0 Å². The van der Waals surface area contributed by atoms with Gasteiger partial charge in [-0.2, -0.15) is 5.01 Å². The molecule has 1 fully saturated rings. The molecule has 1 heterocycles. The summed E-state index contributed by atoms with van der Waals surface area (Å²) in [7, 11) is 0. The number of nitrogens with zero attached hydrogens (tertiary/aromatic N) is 1. The summed E-state index contributed by atoms with van der Waals surface area (Å²) >= 11 is 0. The van der Waals surface area contributed by atoms with E-state index in [1.54, 1.807) is 55.5 Å². The normalized spacial score (nSPS) is 18.3. The van der Waals surface area contributed by atoms with Crippen molar-refractivity contribution < 1.29 is 19.2 Å². The molecule has 1 saturated heterocycles. The monoisotopic (exact) mass is 394 g/mol. The van der Waals surface area contributed by atoms with Crippen LogP contribution < -0.4 is 16.1 Å². The van der Waals surface area contributed by atoms with Crippen LogP contribution in [0.15, 0.2) is 54.6 Å². The molecule has 8 heteroatoms. The molecule has 0 saturated carbocycles. The van der Waals surface area contributed by atoms with Crippen LogP contribution in [0.1, 0.15) is 34.8 Å². The van der Waals surface area contributed by atoms with Crippen LogP contribution in [0.5, 0.6) is 0 Å². The van der Waals surface area contributed by atoms with Gasteiger partial charge in [0.05, 0.1) is 0 Å². The second-order valence-corrected chi connectivity index (χ2v) is 6.97. The quantitative estimate of drug-likeness (QED) is 0.647. The van der Waals surface area contributed by atoms with Gasteiger partial charge >= 0.3 is 6.03 Å².